The van der Waals surface area contributed by atoms with Crippen LogP contribution in [-0.4, -0.2) is 32.1 Å². The SMILES string of the molecule is Cc1ccccc1N=C1SC(CC(=O)Nc2cccc(Cl)c2)C(=O)N1Cc1ccccn1. The molecule has 0 radical (unpaired) electrons. The molecule has 1 atom stereocenters. The highest BCUT2D eigenvalue weighted by molar-refractivity contribution is 8.15. The lowest BCUT2D eigenvalue weighted by Crippen LogP contribution is -2.33. The molecule has 8 heteroatoms. The standard InChI is InChI=1S/C24H21ClN4O2S/c1-16-7-2-3-11-20(16)28-24-29(15-19-9-4-5-12-26-19)23(31)21(32-24)14-22(30)27-18-10-6-8-17(25)13-18/h2-13,21H,14-15H2,1H3,(H,27,30). The number of amides is 2. The van der Waals surface area contributed by atoms with Crippen LogP contribution < -0.4 is 5.32 Å². The predicted molar refractivity (Wildman–Crippen MR) is 129 cm³/mol. The summed E-state index contributed by atoms with van der Waals surface area (Å²) in [5.41, 5.74) is 3.14. The Morgan fingerprint density at radius 1 is 1.16 bits per heavy atom. The first-order chi connectivity index (χ1) is 15.5. The van der Waals surface area contributed by atoms with Gasteiger partial charge in [0.2, 0.25) is 11.8 Å². The van der Waals surface area contributed by atoms with Gasteiger partial charge in [-0.1, -0.05) is 53.7 Å². The van der Waals surface area contributed by atoms with Gasteiger partial charge in [-0.05, 0) is 48.9 Å². The van der Waals surface area contributed by atoms with E-state index in [9.17, 15) is 9.59 Å². The first-order valence-corrected chi connectivity index (χ1v) is 11.3. The highest BCUT2D eigenvalue weighted by Crippen LogP contribution is 2.33. The van der Waals surface area contributed by atoms with E-state index in [4.69, 9.17) is 16.6 Å². The van der Waals surface area contributed by atoms with Crippen LogP contribution in [0.2, 0.25) is 5.02 Å². The van der Waals surface area contributed by atoms with Crippen molar-refractivity contribution in [1.29, 1.82) is 0 Å². The van der Waals surface area contributed by atoms with Crippen molar-refractivity contribution in [2.24, 2.45) is 4.99 Å². The topological polar surface area (TPSA) is 74.7 Å². The number of para-hydroxylation sites is 1. The van der Waals surface area contributed by atoms with Crippen LogP contribution in [0.4, 0.5) is 11.4 Å². The maximum absolute atomic E-state index is 13.2. The number of aromatic nitrogens is 1. The number of anilines is 1. The molecule has 0 bridgehead atoms. The van der Waals surface area contributed by atoms with Crippen molar-refractivity contribution in [2.75, 3.05) is 5.32 Å². The van der Waals surface area contributed by atoms with Crippen molar-refractivity contribution in [2.45, 2.75) is 25.1 Å². The van der Waals surface area contributed by atoms with E-state index in [1.807, 2.05) is 49.4 Å². The molecule has 32 heavy (non-hydrogen) atoms. The zero-order valence-electron chi connectivity index (χ0n) is 17.4. The maximum atomic E-state index is 13.2. The minimum absolute atomic E-state index is 0.0293. The van der Waals surface area contributed by atoms with Gasteiger partial charge in [0.05, 0.1) is 17.9 Å². The fourth-order valence-corrected chi connectivity index (χ4v) is 4.60. The fourth-order valence-electron chi connectivity index (χ4n) is 3.26. The Kier molecular flexibility index (Phi) is 6.87. The molecule has 2 amide bonds. The zero-order chi connectivity index (χ0) is 22.5. The molecule has 0 saturated carbocycles. The van der Waals surface area contributed by atoms with Crippen LogP contribution in [0.5, 0.6) is 0 Å². The summed E-state index contributed by atoms with van der Waals surface area (Å²) in [6, 6.07) is 20.2. The van der Waals surface area contributed by atoms with E-state index in [2.05, 4.69) is 10.3 Å². The summed E-state index contributed by atoms with van der Waals surface area (Å²) in [6.45, 7) is 2.27. The van der Waals surface area contributed by atoms with E-state index < -0.39 is 5.25 Å². The Morgan fingerprint density at radius 2 is 1.97 bits per heavy atom. The number of halogens is 1. The van der Waals surface area contributed by atoms with Crippen LogP contribution in [0.25, 0.3) is 0 Å². The summed E-state index contributed by atoms with van der Waals surface area (Å²) in [5.74, 6) is -0.415. The molecule has 6 nitrogen and oxygen atoms in total. The summed E-state index contributed by atoms with van der Waals surface area (Å²) in [4.78, 5) is 36.5. The number of carbonyl (C=O) groups is 2. The highest BCUT2D eigenvalue weighted by Gasteiger charge is 2.39. The minimum atomic E-state index is -0.569. The molecule has 162 valence electrons. The molecule has 1 N–H and O–H groups in total. The van der Waals surface area contributed by atoms with Crippen LogP contribution >= 0.6 is 23.4 Å². The van der Waals surface area contributed by atoms with Crippen molar-refractivity contribution in [1.82, 2.24) is 9.88 Å². The molecule has 2 aromatic carbocycles. The summed E-state index contributed by atoms with van der Waals surface area (Å²) in [5, 5.41) is 3.34. The second kappa shape index (κ2) is 9.97. The number of amidine groups is 1. The Labute approximate surface area is 195 Å². The summed E-state index contributed by atoms with van der Waals surface area (Å²) in [6.07, 6.45) is 1.72. The van der Waals surface area contributed by atoms with Crippen LogP contribution in [0.3, 0.4) is 0 Å². The molecule has 1 aromatic heterocycles. The number of nitrogens with one attached hydrogen (secondary N) is 1. The molecular weight excluding hydrogens is 444 g/mol. The zero-order valence-corrected chi connectivity index (χ0v) is 18.9. The van der Waals surface area contributed by atoms with Gasteiger partial charge < -0.3 is 5.32 Å². The maximum Gasteiger partial charge on any atom is 0.243 e. The predicted octanol–water partition coefficient (Wildman–Crippen LogP) is 5.20. The molecule has 1 aliphatic heterocycles. The second-order valence-corrected chi connectivity index (χ2v) is 8.90. The number of hydrogen-bond acceptors (Lipinski definition) is 5. The van der Waals surface area contributed by atoms with Gasteiger partial charge >= 0.3 is 0 Å². The quantitative estimate of drug-likeness (QED) is 0.543. The average molecular weight is 465 g/mol. The number of hydrogen-bond donors (Lipinski definition) is 1. The number of aryl methyl sites for hydroxylation is 1. The van der Waals surface area contributed by atoms with E-state index in [0.717, 1.165) is 16.9 Å². The van der Waals surface area contributed by atoms with E-state index in [0.29, 0.717) is 22.4 Å². The van der Waals surface area contributed by atoms with Crippen LogP contribution in [0.1, 0.15) is 17.7 Å². The normalized spacial score (nSPS) is 17.1. The van der Waals surface area contributed by atoms with Crippen molar-refractivity contribution < 1.29 is 9.59 Å². The Bertz CT molecular complexity index is 1170. The summed E-state index contributed by atoms with van der Waals surface area (Å²) in [7, 11) is 0. The van der Waals surface area contributed by atoms with Crippen LogP contribution in [-0.2, 0) is 16.1 Å². The van der Waals surface area contributed by atoms with E-state index >= 15 is 0 Å². The van der Waals surface area contributed by atoms with E-state index in [-0.39, 0.29) is 18.2 Å². The smallest absolute Gasteiger partial charge is 0.243 e. The van der Waals surface area contributed by atoms with Crippen molar-refractivity contribution in [3.05, 3.63) is 89.2 Å². The number of benzene rings is 2. The third-order valence-corrected chi connectivity index (χ3v) is 6.29. The minimum Gasteiger partial charge on any atom is -0.326 e. The number of pyridine rings is 1. The molecular formula is C24H21ClN4O2S. The Balaban J connectivity index is 1.55. The molecule has 0 spiro atoms. The van der Waals surface area contributed by atoms with Gasteiger partial charge in [0.15, 0.2) is 5.17 Å². The monoisotopic (exact) mass is 464 g/mol. The van der Waals surface area contributed by atoms with Crippen molar-refractivity contribution >= 4 is 51.7 Å². The lowest BCUT2D eigenvalue weighted by molar-refractivity contribution is -0.128. The molecule has 1 fully saturated rings. The summed E-state index contributed by atoms with van der Waals surface area (Å²) < 4.78 is 0. The van der Waals surface area contributed by atoms with Gasteiger partial charge in [0.25, 0.3) is 0 Å². The number of carbonyl (C=O) groups excluding carboxylic acids is 2. The molecule has 0 aliphatic carbocycles. The van der Waals surface area contributed by atoms with Gasteiger partial charge in [-0.15, -0.1) is 0 Å². The van der Waals surface area contributed by atoms with Gasteiger partial charge in [-0.25, -0.2) is 4.99 Å². The lowest BCUT2D eigenvalue weighted by atomic mass is 10.2. The van der Waals surface area contributed by atoms with Crippen molar-refractivity contribution in [3.8, 4) is 0 Å². The third-order valence-electron chi connectivity index (χ3n) is 4.88. The third kappa shape index (κ3) is 5.36. The Morgan fingerprint density at radius 3 is 2.72 bits per heavy atom. The number of nitrogens with zero attached hydrogens (tertiary/aromatic N) is 3. The number of rotatable bonds is 6. The first-order valence-electron chi connectivity index (χ1n) is 10.1. The van der Waals surface area contributed by atoms with Gasteiger partial charge in [0.1, 0.15) is 5.25 Å². The summed E-state index contributed by atoms with van der Waals surface area (Å²) >= 11 is 7.29. The van der Waals surface area contributed by atoms with Gasteiger partial charge in [0, 0.05) is 23.3 Å². The number of thioether (sulfide) groups is 1. The number of aliphatic imine (C=N–C) groups is 1. The van der Waals surface area contributed by atoms with Crippen LogP contribution in [0.15, 0.2) is 77.9 Å². The van der Waals surface area contributed by atoms with Crippen LogP contribution in [0, 0.1) is 6.92 Å². The lowest BCUT2D eigenvalue weighted by Gasteiger charge is -2.16. The largest absolute Gasteiger partial charge is 0.326 e. The van der Waals surface area contributed by atoms with Gasteiger partial charge in [-0.3, -0.25) is 19.5 Å². The fraction of sp³-hybridized carbons (Fsp3) is 0.167. The molecule has 1 unspecified atom stereocenters. The molecule has 1 saturated heterocycles. The van der Waals surface area contributed by atoms with Gasteiger partial charge in [-0.2, -0.15) is 0 Å². The molecule has 1 aliphatic rings. The van der Waals surface area contributed by atoms with Crippen molar-refractivity contribution in [3.63, 3.8) is 0 Å². The molecule has 3 aromatic rings. The van der Waals surface area contributed by atoms with E-state index in [1.54, 1.807) is 35.4 Å². The highest BCUT2D eigenvalue weighted by atomic mass is 35.5. The average Bonchev–Trinajstić information content (AvgIpc) is 3.05. The molecule has 2 heterocycles. The second-order valence-electron chi connectivity index (χ2n) is 7.30. The Hall–Kier alpha value is -3.16. The molecule has 4 rings (SSSR count). The first kappa shape index (κ1) is 22.0. The van der Waals surface area contributed by atoms with E-state index in [1.165, 1.54) is 11.8 Å².